The summed E-state index contributed by atoms with van der Waals surface area (Å²) in [5, 5.41) is 13.0. The lowest BCUT2D eigenvalue weighted by atomic mass is 9.76. The molecule has 1 aliphatic rings. The van der Waals surface area contributed by atoms with Crippen molar-refractivity contribution in [2.75, 3.05) is 19.6 Å². The SMILES string of the molecule is CCCC1(C(=O)NCCc2ncn[nH]2)CCCNC1. The van der Waals surface area contributed by atoms with E-state index >= 15 is 0 Å². The van der Waals surface area contributed by atoms with Crippen molar-refractivity contribution in [2.24, 2.45) is 5.41 Å². The van der Waals surface area contributed by atoms with E-state index in [2.05, 4.69) is 32.7 Å². The van der Waals surface area contributed by atoms with Gasteiger partial charge in [0.1, 0.15) is 12.2 Å². The summed E-state index contributed by atoms with van der Waals surface area (Å²) in [5.74, 6) is 0.993. The van der Waals surface area contributed by atoms with Crippen molar-refractivity contribution in [1.82, 2.24) is 25.8 Å². The molecule has 0 bridgehead atoms. The first-order valence-electron chi connectivity index (χ1n) is 7.10. The lowest BCUT2D eigenvalue weighted by Gasteiger charge is -2.36. The number of carbonyl (C=O) groups excluding carboxylic acids is 1. The maximum atomic E-state index is 12.4. The zero-order valence-electron chi connectivity index (χ0n) is 11.5. The van der Waals surface area contributed by atoms with Gasteiger partial charge in [-0.3, -0.25) is 9.89 Å². The molecule has 1 aromatic heterocycles. The standard InChI is InChI=1S/C13H23N5O/c1-2-5-13(6-3-7-14-9-13)12(19)15-8-4-11-16-10-17-18-11/h10,14H,2-9H2,1H3,(H,15,19)(H,16,17,18). The van der Waals surface area contributed by atoms with Crippen LogP contribution in [-0.4, -0.2) is 40.7 Å². The normalized spacial score (nSPS) is 23.2. The van der Waals surface area contributed by atoms with Crippen LogP contribution in [0.2, 0.25) is 0 Å². The van der Waals surface area contributed by atoms with E-state index in [1.54, 1.807) is 0 Å². The number of hydrogen-bond donors (Lipinski definition) is 3. The monoisotopic (exact) mass is 265 g/mol. The summed E-state index contributed by atoms with van der Waals surface area (Å²) in [6.07, 6.45) is 6.24. The second-order valence-electron chi connectivity index (χ2n) is 5.25. The molecule has 0 aliphatic carbocycles. The maximum Gasteiger partial charge on any atom is 0.227 e. The Morgan fingerprint density at radius 1 is 1.58 bits per heavy atom. The van der Waals surface area contributed by atoms with Crippen LogP contribution in [0.5, 0.6) is 0 Å². The molecule has 1 amide bonds. The number of amides is 1. The van der Waals surface area contributed by atoms with Crippen LogP contribution in [-0.2, 0) is 11.2 Å². The van der Waals surface area contributed by atoms with Crippen LogP contribution in [0.15, 0.2) is 6.33 Å². The van der Waals surface area contributed by atoms with Gasteiger partial charge in [-0.15, -0.1) is 0 Å². The third-order valence-corrected chi connectivity index (χ3v) is 3.79. The molecule has 19 heavy (non-hydrogen) atoms. The first kappa shape index (κ1) is 14.0. The third-order valence-electron chi connectivity index (χ3n) is 3.79. The minimum Gasteiger partial charge on any atom is -0.355 e. The Kier molecular flexibility index (Phi) is 4.90. The molecule has 1 aromatic rings. The maximum absolute atomic E-state index is 12.4. The first-order valence-corrected chi connectivity index (χ1v) is 7.10. The summed E-state index contributed by atoms with van der Waals surface area (Å²) < 4.78 is 0. The fourth-order valence-corrected chi connectivity index (χ4v) is 2.80. The number of aromatic nitrogens is 3. The number of nitrogens with zero attached hydrogens (tertiary/aromatic N) is 2. The van der Waals surface area contributed by atoms with Crippen LogP contribution in [0.1, 0.15) is 38.4 Å². The quantitative estimate of drug-likeness (QED) is 0.704. The number of hydrogen-bond acceptors (Lipinski definition) is 4. The van der Waals surface area contributed by atoms with E-state index in [4.69, 9.17) is 0 Å². The highest BCUT2D eigenvalue weighted by Gasteiger charge is 2.38. The molecule has 1 aliphatic heterocycles. The van der Waals surface area contributed by atoms with Gasteiger partial charge in [-0.25, -0.2) is 4.98 Å². The number of rotatable bonds is 6. The second-order valence-corrected chi connectivity index (χ2v) is 5.25. The highest BCUT2D eigenvalue weighted by Crippen LogP contribution is 2.31. The van der Waals surface area contributed by atoms with E-state index in [1.807, 2.05) is 0 Å². The summed E-state index contributed by atoms with van der Waals surface area (Å²) in [6, 6.07) is 0. The van der Waals surface area contributed by atoms with E-state index in [0.717, 1.165) is 44.6 Å². The van der Waals surface area contributed by atoms with E-state index in [-0.39, 0.29) is 11.3 Å². The van der Waals surface area contributed by atoms with Gasteiger partial charge in [0.2, 0.25) is 5.91 Å². The van der Waals surface area contributed by atoms with E-state index in [9.17, 15) is 4.79 Å². The van der Waals surface area contributed by atoms with Crippen LogP contribution in [0, 0.1) is 5.41 Å². The number of aromatic amines is 1. The average Bonchev–Trinajstić information content (AvgIpc) is 2.93. The van der Waals surface area contributed by atoms with Crippen LogP contribution < -0.4 is 10.6 Å². The van der Waals surface area contributed by atoms with Gasteiger partial charge in [-0.05, 0) is 25.8 Å². The minimum atomic E-state index is -0.214. The Labute approximate surface area is 113 Å². The third kappa shape index (κ3) is 3.53. The molecule has 6 heteroatoms. The predicted molar refractivity (Wildman–Crippen MR) is 72.5 cm³/mol. The molecule has 106 valence electrons. The molecule has 0 aromatic carbocycles. The zero-order valence-corrected chi connectivity index (χ0v) is 11.5. The Morgan fingerprint density at radius 2 is 2.47 bits per heavy atom. The number of carbonyl (C=O) groups is 1. The van der Waals surface area contributed by atoms with Gasteiger partial charge in [0.15, 0.2) is 0 Å². The number of piperidine rings is 1. The Bertz CT molecular complexity index is 378. The zero-order chi connectivity index (χ0) is 13.6. The Hall–Kier alpha value is -1.43. The molecule has 1 fully saturated rings. The topological polar surface area (TPSA) is 82.7 Å². The number of nitrogens with one attached hydrogen (secondary N) is 3. The fraction of sp³-hybridized carbons (Fsp3) is 0.769. The van der Waals surface area contributed by atoms with Crippen LogP contribution in [0.25, 0.3) is 0 Å². The van der Waals surface area contributed by atoms with Gasteiger partial charge < -0.3 is 10.6 Å². The molecule has 0 radical (unpaired) electrons. The van der Waals surface area contributed by atoms with Gasteiger partial charge in [0.25, 0.3) is 0 Å². The molecule has 1 saturated heterocycles. The first-order chi connectivity index (χ1) is 9.27. The molecule has 2 rings (SSSR count). The van der Waals surface area contributed by atoms with Crippen molar-refractivity contribution in [2.45, 2.75) is 39.0 Å². The van der Waals surface area contributed by atoms with Crippen LogP contribution in [0.4, 0.5) is 0 Å². The summed E-state index contributed by atoms with van der Waals surface area (Å²) >= 11 is 0. The van der Waals surface area contributed by atoms with Crippen molar-refractivity contribution in [3.63, 3.8) is 0 Å². The van der Waals surface area contributed by atoms with Crippen molar-refractivity contribution >= 4 is 5.91 Å². The fourth-order valence-electron chi connectivity index (χ4n) is 2.80. The van der Waals surface area contributed by atoms with Crippen molar-refractivity contribution in [1.29, 1.82) is 0 Å². The molecule has 3 N–H and O–H groups in total. The van der Waals surface area contributed by atoms with Gasteiger partial charge in [0, 0.05) is 19.5 Å². The van der Waals surface area contributed by atoms with E-state index < -0.39 is 0 Å². The van der Waals surface area contributed by atoms with Crippen molar-refractivity contribution in [3.8, 4) is 0 Å². The minimum absolute atomic E-state index is 0.182. The molecule has 1 atom stereocenters. The van der Waals surface area contributed by atoms with E-state index in [0.29, 0.717) is 13.0 Å². The summed E-state index contributed by atoms with van der Waals surface area (Å²) in [6.45, 7) is 4.57. The van der Waals surface area contributed by atoms with Crippen molar-refractivity contribution < 1.29 is 4.79 Å². The van der Waals surface area contributed by atoms with Gasteiger partial charge in [0.05, 0.1) is 5.41 Å². The van der Waals surface area contributed by atoms with Crippen LogP contribution >= 0.6 is 0 Å². The molecule has 2 heterocycles. The van der Waals surface area contributed by atoms with E-state index in [1.165, 1.54) is 6.33 Å². The number of H-pyrrole nitrogens is 1. The van der Waals surface area contributed by atoms with Gasteiger partial charge in [-0.1, -0.05) is 13.3 Å². The average molecular weight is 265 g/mol. The lowest BCUT2D eigenvalue weighted by molar-refractivity contribution is -0.132. The van der Waals surface area contributed by atoms with Crippen molar-refractivity contribution in [3.05, 3.63) is 12.2 Å². The Balaban J connectivity index is 1.85. The molecule has 0 spiro atoms. The highest BCUT2D eigenvalue weighted by molar-refractivity contribution is 5.83. The summed E-state index contributed by atoms with van der Waals surface area (Å²) in [5.41, 5.74) is -0.214. The largest absolute Gasteiger partial charge is 0.355 e. The van der Waals surface area contributed by atoms with Gasteiger partial charge >= 0.3 is 0 Å². The second kappa shape index (κ2) is 6.65. The Morgan fingerprint density at radius 3 is 3.11 bits per heavy atom. The lowest BCUT2D eigenvalue weighted by Crippen LogP contribution is -2.50. The molecular weight excluding hydrogens is 242 g/mol. The van der Waals surface area contributed by atoms with Gasteiger partial charge in [-0.2, -0.15) is 5.10 Å². The summed E-state index contributed by atoms with van der Waals surface area (Å²) in [4.78, 5) is 16.5. The van der Waals surface area contributed by atoms with Crippen LogP contribution in [0.3, 0.4) is 0 Å². The smallest absolute Gasteiger partial charge is 0.227 e. The molecule has 6 nitrogen and oxygen atoms in total. The molecule has 0 saturated carbocycles. The summed E-state index contributed by atoms with van der Waals surface area (Å²) in [7, 11) is 0. The highest BCUT2D eigenvalue weighted by atomic mass is 16.2. The molecule has 1 unspecified atom stereocenters. The molecular formula is C13H23N5O. The predicted octanol–water partition coefficient (Wildman–Crippen LogP) is 0.633.